The van der Waals surface area contributed by atoms with Crippen LogP contribution in [0.5, 0.6) is 5.75 Å². The number of carbonyl (C=O) groups is 1. The molecule has 1 heterocycles. The highest BCUT2D eigenvalue weighted by Crippen LogP contribution is 2.15. The number of benzene rings is 1. The average molecular weight is 332 g/mol. The van der Waals surface area contributed by atoms with Crippen LogP contribution in [0.3, 0.4) is 0 Å². The van der Waals surface area contributed by atoms with Gasteiger partial charge in [-0.1, -0.05) is 12.1 Å². The Morgan fingerprint density at radius 2 is 2.04 bits per heavy atom. The number of rotatable bonds is 7. The monoisotopic (exact) mass is 332 g/mol. The lowest BCUT2D eigenvalue weighted by Gasteiger charge is -2.09. The van der Waals surface area contributed by atoms with Gasteiger partial charge in [0.15, 0.2) is 11.6 Å². The topological polar surface area (TPSA) is 71.2 Å². The van der Waals surface area contributed by atoms with Crippen LogP contribution in [-0.2, 0) is 11.3 Å². The summed E-state index contributed by atoms with van der Waals surface area (Å²) in [6, 6.07) is 8.01. The van der Waals surface area contributed by atoms with Gasteiger partial charge in [0.1, 0.15) is 0 Å². The largest absolute Gasteiger partial charge is 0.491 e. The number of hydrogen-bond acceptors (Lipinski definition) is 3. The number of carbonyl (C=O) groups excluding carboxylic acids is 1. The summed E-state index contributed by atoms with van der Waals surface area (Å²) in [5.74, 6) is -0.415. The molecule has 0 atom stereocenters. The molecule has 0 saturated carbocycles. The number of nitrogens with one attached hydrogen (secondary N) is 2. The van der Waals surface area contributed by atoms with Crippen LogP contribution < -0.4 is 15.6 Å². The average Bonchev–Trinajstić information content (AvgIpc) is 2.52. The first-order valence-corrected chi connectivity index (χ1v) is 7.81. The maximum atomic E-state index is 13.4. The van der Waals surface area contributed by atoms with E-state index in [2.05, 4.69) is 10.3 Å². The van der Waals surface area contributed by atoms with Crippen LogP contribution in [0, 0.1) is 19.7 Å². The second-order valence-corrected chi connectivity index (χ2v) is 5.60. The SMILES string of the molecule is Cc1cc(C)c(CNC(=O)CCCOc2ccccc2F)c(=O)[nH]1. The van der Waals surface area contributed by atoms with Crippen molar-refractivity contribution < 1.29 is 13.9 Å². The number of para-hydroxylation sites is 1. The molecule has 1 amide bonds. The summed E-state index contributed by atoms with van der Waals surface area (Å²) >= 11 is 0. The molecule has 24 heavy (non-hydrogen) atoms. The van der Waals surface area contributed by atoms with Crippen molar-refractivity contribution in [2.24, 2.45) is 0 Å². The highest BCUT2D eigenvalue weighted by molar-refractivity contribution is 5.75. The third kappa shape index (κ3) is 4.94. The van der Waals surface area contributed by atoms with Crippen molar-refractivity contribution >= 4 is 5.91 Å². The van der Waals surface area contributed by atoms with E-state index in [-0.39, 0.29) is 36.8 Å². The van der Waals surface area contributed by atoms with Crippen LogP contribution in [0.25, 0.3) is 0 Å². The first-order chi connectivity index (χ1) is 11.5. The van der Waals surface area contributed by atoms with E-state index in [4.69, 9.17) is 4.74 Å². The molecule has 1 aromatic heterocycles. The van der Waals surface area contributed by atoms with Crippen LogP contribution in [0.4, 0.5) is 4.39 Å². The van der Waals surface area contributed by atoms with E-state index in [9.17, 15) is 14.0 Å². The first-order valence-electron chi connectivity index (χ1n) is 7.81. The van der Waals surface area contributed by atoms with Crippen molar-refractivity contribution in [3.8, 4) is 5.75 Å². The fourth-order valence-electron chi connectivity index (χ4n) is 2.35. The normalized spacial score (nSPS) is 10.5. The third-order valence-electron chi connectivity index (χ3n) is 3.60. The Hall–Kier alpha value is -2.63. The lowest BCUT2D eigenvalue weighted by molar-refractivity contribution is -0.121. The van der Waals surface area contributed by atoms with Crippen molar-refractivity contribution in [3.05, 3.63) is 63.3 Å². The lowest BCUT2D eigenvalue weighted by Crippen LogP contribution is -2.28. The Bertz CT molecular complexity index is 771. The summed E-state index contributed by atoms with van der Waals surface area (Å²) < 4.78 is 18.6. The zero-order chi connectivity index (χ0) is 17.5. The zero-order valence-corrected chi connectivity index (χ0v) is 13.8. The van der Waals surface area contributed by atoms with Gasteiger partial charge in [0.2, 0.25) is 5.91 Å². The Morgan fingerprint density at radius 1 is 1.29 bits per heavy atom. The molecule has 2 rings (SSSR count). The minimum atomic E-state index is -0.420. The van der Waals surface area contributed by atoms with Gasteiger partial charge in [0.05, 0.1) is 6.61 Å². The summed E-state index contributed by atoms with van der Waals surface area (Å²) in [7, 11) is 0. The van der Waals surface area contributed by atoms with Gasteiger partial charge in [-0.2, -0.15) is 0 Å². The number of aromatic nitrogens is 1. The fraction of sp³-hybridized carbons (Fsp3) is 0.333. The minimum absolute atomic E-state index is 0.175. The van der Waals surface area contributed by atoms with E-state index in [0.29, 0.717) is 12.0 Å². The predicted molar refractivity (Wildman–Crippen MR) is 89.5 cm³/mol. The van der Waals surface area contributed by atoms with Gasteiger partial charge in [-0.3, -0.25) is 9.59 Å². The standard InChI is InChI=1S/C18H21FN2O3/c1-12-10-13(2)21-18(23)14(12)11-20-17(22)8-5-9-24-16-7-4-3-6-15(16)19/h3-4,6-7,10H,5,8-9,11H2,1-2H3,(H,20,22)(H,21,23). The van der Waals surface area contributed by atoms with Crippen LogP contribution in [0.15, 0.2) is 35.1 Å². The van der Waals surface area contributed by atoms with Gasteiger partial charge in [0, 0.05) is 24.2 Å². The quantitative estimate of drug-likeness (QED) is 0.766. The summed E-state index contributed by atoms with van der Waals surface area (Å²) in [6.07, 6.45) is 0.709. The molecule has 0 radical (unpaired) electrons. The third-order valence-corrected chi connectivity index (χ3v) is 3.60. The second kappa shape index (κ2) is 8.29. The van der Waals surface area contributed by atoms with E-state index in [1.54, 1.807) is 18.2 Å². The number of aromatic amines is 1. The molecule has 2 N–H and O–H groups in total. The van der Waals surface area contributed by atoms with Crippen LogP contribution in [-0.4, -0.2) is 17.5 Å². The number of ether oxygens (including phenoxy) is 1. The Labute approximate surface area is 139 Å². The Kier molecular flexibility index (Phi) is 6.12. The van der Waals surface area contributed by atoms with Gasteiger partial charge < -0.3 is 15.0 Å². The summed E-state index contributed by atoms with van der Waals surface area (Å²) in [5, 5.41) is 2.72. The van der Waals surface area contributed by atoms with Crippen molar-refractivity contribution in [2.75, 3.05) is 6.61 Å². The van der Waals surface area contributed by atoms with E-state index >= 15 is 0 Å². The molecule has 0 unspecified atom stereocenters. The van der Waals surface area contributed by atoms with Crippen molar-refractivity contribution in [3.63, 3.8) is 0 Å². The molecule has 0 aliphatic heterocycles. The molecule has 0 bridgehead atoms. The molecule has 5 nitrogen and oxygen atoms in total. The highest BCUT2D eigenvalue weighted by atomic mass is 19.1. The second-order valence-electron chi connectivity index (χ2n) is 5.60. The molecule has 0 spiro atoms. The molecular weight excluding hydrogens is 311 g/mol. The number of aryl methyl sites for hydroxylation is 2. The van der Waals surface area contributed by atoms with E-state index in [1.165, 1.54) is 6.07 Å². The predicted octanol–water partition coefficient (Wildman–Crippen LogP) is 2.61. The lowest BCUT2D eigenvalue weighted by atomic mass is 10.1. The zero-order valence-electron chi connectivity index (χ0n) is 13.8. The maximum absolute atomic E-state index is 13.4. The van der Waals surface area contributed by atoms with Gasteiger partial charge in [-0.25, -0.2) is 4.39 Å². The van der Waals surface area contributed by atoms with Crippen LogP contribution in [0.1, 0.15) is 29.7 Å². The number of amides is 1. The van der Waals surface area contributed by atoms with Gasteiger partial charge in [0.25, 0.3) is 5.56 Å². The van der Waals surface area contributed by atoms with E-state index < -0.39 is 5.82 Å². The van der Waals surface area contributed by atoms with Crippen LogP contribution in [0.2, 0.25) is 0 Å². The fourth-order valence-corrected chi connectivity index (χ4v) is 2.35. The van der Waals surface area contributed by atoms with Gasteiger partial charge in [-0.05, 0) is 44.0 Å². The van der Waals surface area contributed by atoms with E-state index in [1.807, 2.05) is 19.9 Å². The van der Waals surface area contributed by atoms with Crippen molar-refractivity contribution in [1.82, 2.24) is 10.3 Å². The van der Waals surface area contributed by atoms with Crippen molar-refractivity contribution in [1.29, 1.82) is 0 Å². The van der Waals surface area contributed by atoms with Crippen molar-refractivity contribution in [2.45, 2.75) is 33.2 Å². The molecular formula is C18H21FN2O3. The summed E-state index contributed by atoms with van der Waals surface area (Å²) in [5.41, 5.74) is 2.00. The molecule has 2 aromatic rings. The molecule has 0 saturated heterocycles. The highest BCUT2D eigenvalue weighted by Gasteiger charge is 2.08. The molecule has 6 heteroatoms. The Morgan fingerprint density at radius 3 is 2.75 bits per heavy atom. The first kappa shape index (κ1) is 17.7. The van der Waals surface area contributed by atoms with Gasteiger partial charge in [-0.15, -0.1) is 0 Å². The molecule has 0 aliphatic carbocycles. The summed E-state index contributed by atoms with van der Waals surface area (Å²) in [6.45, 7) is 4.09. The number of H-pyrrole nitrogens is 1. The maximum Gasteiger partial charge on any atom is 0.253 e. The summed E-state index contributed by atoms with van der Waals surface area (Å²) in [4.78, 5) is 26.4. The molecule has 1 aromatic carbocycles. The molecule has 0 aliphatic rings. The number of halogens is 1. The Balaban J connectivity index is 1.74. The van der Waals surface area contributed by atoms with Gasteiger partial charge >= 0.3 is 0 Å². The smallest absolute Gasteiger partial charge is 0.253 e. The number of pyridine rings is 1. The number of hydrogen-bond donors (Lipinski definition) is 2. The van der Waals surface area contributed by atoms with Crippen LogP contribution >= 0.6 is 0 Å². The molecule has 128 valence electrons. The van der Waals surface area contributed by atoms with E-state index in [0.717, 1.165) is 11.3 Å². The minimum Gasteiger partial charge on any atom is -0.491 e. The molecule has 0 fully saturated rings.